The van der Waals surface area contributed by atoms with E-state index in [1.165, 1.54) is 11.1 Å². The lowest BCUT2D eigenvalue weighted by Crippen LogP contribution is -2.28. The molecule has 0 aliphatic rings. The first-order valence-electron chi connectivity index (χ1n) is 6.37. The Hall–Kier alpha value is -1.33. The van der Waals surface area contributed by atoms with E-state index >= 15 is 0 Å². The van der Waals surface area contributed by atoms with Crippen LogP contribution in [0.1, 0.15) is 57.4 Å². The number of nitrogens with two attached hydrogens (primary N) is 1. The molecule has 1 atom stereocenters. The molecule has 0 aliphatic carbocycles. The third-order valence-corrected chi connectivity index (χ3v) is 3.54. The number of hydrogen-bond acceptors (Lipinski definition) is 2. The Morgan fingerprint density at radius 2 is 1.72 bits per heavy atom. The van der Waals surface area contributed by atoms with E-state index in [1.54, 1.807) is 0 Å². The molecule has 0 heterocycles. The van der Waals surface area contributed by atoms with Gasteiger partial charge in [-0.25, -0.2) is 0 Å². The van der Waals surface area contributed by atoms with Crippen LogP contribution in [0.3, 0.4) is 0 Å². The lowest BCUT2D eigenvalue weighted by Gasteiger charge is -2.27. The van der Waals surface area contributed by atoms with Gasteiger partial charge in [-0.1, -0.05) is 39.0 Å². The molecule has 1 aromatic rings. The van der Waals surface area contributed by atoms with Gasteiger partial charge in [0.15, 0.2) is 0 Å². The molecule has 0 aliphatic heterocycles. The number of nitrogens with zero attached hydrogens (tertiary/aromatic N) is 1. The van der Waals surface area contributed by atoms with E-state index < -0.39 is 5.41 Å². The van der Waals surface area contributed by atoms with Crippen molar-refractivity contribution >= 4 is 0 Å². The Morgan fingerprint density at radius 1 is 1.17 bits per heavy atom. The summed E-state index contributed by atoms with van der Waals surface area (Å²) in [6.45, 7) is 12.4. The minimum absolute atomic E-state index is 0.137. The highest BCUT2D eigenvalue weighted by Crippen LogP contribution is 2.34. The molecule has 0 saturated carbocycles. The normalized spacial score (nSPS) is 14.1. The van der Waals surface area contributed by atoms with Gasteiger partial charge >= 0.3 is 0 Å². The Kier molecular flexibility index (Phi) is 3.88. The molecular weight excluding hydrogens is 220 g/mol. The van der Waals surface area contributed by atoms with E-state index in [2.05, 4.69) is 52.0 Å². The van der Waals surface area contributed by atoms with Crippen LogP contribution in [0.2, 0.25) is 0 Å². The highest BCUT2D eigenvalue weighted by atomic mass is 14.7. The third-order valence-electron chi connectivity index (χ3n) is 3.54. The maximum Gasteiger partial charge on any atom is 0.0710 e. The van der Waals surface area contributed by atoms with Crippen LogP contribution in [0.4, 0.5) is 0 Å². The van der Waals surface area contributed by atoms with Crippen molar-refractivity contribution < 1.29 is 0 Å². The minimum atomic E-state index is -0.548. The molecule has 1 aromatic carbocycles. The maximum atomic E-state index is 9.17. The number of benzene rings is 1. The smallest absolute Gasteiger partial charge is 0.0710 e. The maximum absolute atomic E-state index is 9.17. The summed E-state index contributed by atoms with van der Waals surface area (Å²) >= 11 is 0. The molecular formula is C16H24N2. The van der Waals surface area contributed by atoms with Crippen LogP contribution in [0.25, 0.3) is 0 Å². The van der Waals surface area contributed by atoms with Crippen molar-refractivity contribution in [2.24, 2.45) is 11.1 Å². The van der Waals surface area contributed by atoms with Gasteiger partial charge in [0, 0.05) is 6.04 Å². The number of hydrogen-bond donors (Lipinski definition) is 1. The van der Waals surface area contributed by atoms with Crippen LogP contribution < -0.4 is 5.73 Å². The van der Waals surface area contributed by atoms with Gasteiger partial charge in [0.2, 0.25) is 0 Å². The van der Waals surface area contributed by atoms with Gasteiger partial charge in [0.1, 0.15) is 0 Å². The first kappa shape index (κ1) is 14.7. The van der Waals surface area contributed by atoms with Gasteiger partial charge in [0.05, 0.1) is 11.5 Å². The summed E-state index contributed by atoms with van der Waals surface area (Å²) in [5, 5.41) is 9.17. The molecule has 2 nitrogen and oxygen atoms in total. The van der Waals surface area contributed by atoms with Gasteiger partial charge in [-0.2, -0.15) is 5.26 Å². The van der Waals surface area contributed by atoms with Crippen LogP contribution in [0.5, 0.6) is 0 Å². The van der Waals surface area contributed by atoms with Crippen molar-refractivity contribution in [3.8, 4) is 6.07 Å². The first-order chi connectivity index (χ1) is 8.09. The van der Waals surface area contributed by atoms with Crippen LogP contribution in [0, 0.1) is 23.7 Å². The standard InChI is InChI=1S/C16H24N2/c1-11-9-12(15(2,3)4)7-8-13(11)14(18)16(5,6)10-17/h7-9,14H,18H2,1-6H3. The van der Waals surface area contributed by atoms with Crippen molar-refractivity contribution in [1.29, 1.82) is 5.26 Å². The molecule has 18 heavy (non-hydrogen) atoms. The second-order valence-electron chi connectivity index (χ2n) is 6.63. The average Bonchev–Trinajstić information content (AvgIpc) is 2.26. The van der Waals surface area contributed by atoms with Gasteiger partial charge in [-0.15, -0.1) is 0 Å². The van der Waals surface area contributed by atoms with Crippen molar-refractivity contribution in [2.45, 2.75) is 53.0 Å². The number of rotatable bonds is 2. The van der Waals surface area contributed by atoms with Gasteiger partial charge < -0.3 is 5.73 Å². The van der Waals surface area contributed by atoms with E-state index in [9.17, 15) is 5.26 Å². The minimum Gasteiger partial charge on any atom is -0.323 e. The topological polar surface area (TPSA) is 49.8 Å². The van der Waals surface area contributed by atoms with Crippen molar-refractivity contribution in [1.82, 2.24) is 0 Å². The van der Waals surface area contributed by atoms with Crippen LogP contribution in [0.15, 0.2) is 18.2 Å². The lowest BCUT2D eigenvalue weighted by molar-refractivity contribution is 0.392. The lowest BCUT2D eigenvalue weighted by atomic mass is 9.79. The molecule has 0 amide bonds. The average molecular weight is 244 g/mol. The molecule has 0 radical (unpaired) electrons. The van der Waals surface area contributed by atoms with Crippen molar-refractivity contribution in [3.63, 3.8) is 0 Å². The molecule has 0 fully saturated rings. The summed E-state index contributed by atoms with van der Waals surface area (Å²) in [5.41, 5.74) is 9.34. The van der Waals surface area contributed by atoms with E-state index in [-0.39, 0.29) is 11.5 Å². The Bertz CT molecular complexity index is 473. The molecule has 0 saturated heterocycles. The van der Waals surface area contributed by atoms with Crippen LogP contribution >= 0.6 is 0 Å². The van der Waals surface area contributed by atoms with Gasteiger partial charge in [-0.3, -0.25) is 0 Å². The molecule has 0 spiro atoms. The zero-order valence-corrected chi connectivity index (χ0v) is 12.3. The highest BCUT2D eigenvalue weighted by molar-refractivity contribution is 5.37. The number of aryl methyl sites for hydroxylation is 1. The SMILES string of the molecule is Cc1cc(C(C)(C)C)ccc1C(N)C(C)(C)C#N. The monoisotopic (exact) mass is 244 g/mol. The van der Waals surface area contributed by atoms with Crippen molar-refractivity contribution in [2.75, 3.05) is 0 Å². The van der Waals surface area contributed by atoms with E-state index in [4.69, 9.17) is 5.73 Å². The van der Waals surface area contributed by atoms with E-state index in [1.807, 2.05) is 13.8 Å². The largest absolute Gasteiger partial charge is 0.323 e. The quantitative estimate of drug-likeness (QED) is 0.859. The van der Waals surface area contributed by atoms with E-state index in [0.29, 0.717) is 0 Å². The van der Waals surface area contributed by atoms with Gasteiger partial charge in [0.25, 0.3) is 0 Å². The predicted molar refractivity (Wildman–Crippen MR) is 76.2 cm³/mol. The fraction of sp³-hybridized carbons (Fsp3) is 0.562. The molecule has 2 heteroatoms. The van der Waals surface area contributed by atoms with Crippen LogP contribution in [-0.4, -0.2) is 0 Å². The Balaban J connectivity index is 3.20. The van der Waals surface area contributed by atoms with Crippen molar-refractivity contribution in [3.05, 3.63) is 34.9 Å². The third kappa shape index (κ3) is 2.91. The number of nitriles is 1. The second kappa shape index (κ2) is 4.74. The molecule has 2 N–H and O–H groups in total. The molecule has 0 bridgehead atoms. The van der Waals surface area contributed by atoms with Gasteiger partial charge in [-0.05, 0) is 42.9 Å². The zero-order chi connectivity index (χ0) is 14.1. The summed E-state index contributed by atoms with van der Waals surface area (Å²) in [4.78, 5) is 0. The fourth-order valence-electron chi connectivity index (χ4n) is 1.95. The summed E-state index contributed by atoms with van der Waals surface area (Å²) in [5.74, 6) is 0. The highest BCUT2D eigenvalue weighted by Gasteiger charge is 2.29. The fourth-order valence-corrected chi connectivity index (χ4v) is 1.95. The molecule has 1 rings (SSSR count). The second-order valence-corrected chi connectivity index (χ2v) is 6.63. The van der Waals surface area contributed by atoms with Crippen LogP contribution in [-0.2, 0) is 5.41 Å². The summed E-state index contributed by atoms with van der Waals surface area (Å²) < 4.78 is 0. The molecule has 98 valence electrons. The Morgan fingerprint density at radius 3 is 2.11 bits per heavy atom. The predicted octanol–water partition coefficient (Wildman–Crippen LogP) is 3.84. The summed E-state index contributed by atoms with van der Waals surface area (Å²) in [7, 11) is 0. The molecule has 0 aromatic heterocycles. The summed E-state index contributed by atoms with van der Waals surface area (Å²) in [6.07, 6.45) is 0. The first-order valence-corrected chi connectivity index (χ1v) is 6.37. The summed E-state index contributed by atoms with van der Waals surface area (Å²) in [6, 6.07) is 8.41. The van der Waals surface area contributed by atoms with E-state index in [0.717, 1.165) is 5.56 Å². The Labute approximate surface area is 111 Å². The molecule has 1 unspecified atom stereocenters. The zero-order valence-electron chi connectivity index (χ0n) is 12.3.